The number of imide groups is 1. The van der Waals surface area contributed by atoms with E-state index in [9.17, 15) is 14.4 Å². The molecule has 1 aliphatic heterocycles. The Bertz CT molecular complexity index is 483. The summed E-state index contributed by atoms with van der Waals surface area (Å²) in [4.78, 5) is 33.9. The number of hydrogen-bond donors (Lipinski definition) is 2. The van der Waals surface area contributed by atoms with E-state index in [1.165, 1.54) is 12.1 Å². The molecule has 1 heterocycles. The summed E-state index contributed by atoms with van der Waals surface area (Å²) in [6.07, 6.45) is -1.48. The number of amides is 3. The zero-order chi connectivity index (χ0) is 11.7. The molecule has 1 atom stereocenters. The molecule has 0 spiro atoms. The van der Waals surface area contributed by atoms with Crippen LogP contribution in [0.1, 0.15) is 10.4 Å². The van der Waals surface area contributed by atoms with E-state index in [4.69, 9.17) is 10.5 Å². The number of nitrogens with two attached hydrogens (primary N) is 1. The first kappa shape index (κ1) is 10.2. The maximum absolute atomic E-state index is 11.5. The molecule has 0 fully saturated rings. The molecule has 6 heteroatoms. The van der Waals surface area contributed by atoms with Crippen LogP contribution in [-0.2, 0) is 9.59 Å². The van der Waals surface area contributed by atoms with Gasteiger partial charge in [0.25, 0.3) is 23.8 Å². The van der Waals surface area contributed by atoms with Gasteiger partial charge in [-0.25, -0.2) is 0 Å². The third-order valence-electron chi connectivity index (χ3n) is 2.11. The number of carbonyl (C=O) groups excluding carboxylic acids is 3. The van der Waals surface area contributed by atoms with Gasteiger partial charge >= 0.3 is 0 Å². The number of nitrogens with one attached hydrogen (secondary N) is 1. The van der Waals surface area contributed by atoms with Crippen molar-refractivity contribution in [3.8, 4) is 5.75 Å². The van der Waals surface area contributed by atoms with Crippen molar-refractivity contribution in [2.75, 3.05) is 0 Å². The highest BCUT2D eigenvalue weighted by molar-refractivity contribution is 6.14. The van der Waals surface area contributed by atoms with Gasteiger partial charge in [0.05, 0.1) is 5.56 Å². The van der Waals surface area contributed by atoms with Crippen LogP contribution in [0.3, 0.4) is 0 Å². The smallest absolute Gasteiger partial charge is 0.277 e. The lowest BCUT2D eigenvalue weighted by Crippen LogP contribution is -2.46. The van der Waals surface area contributed by atoms with E-state index >= 15 is 0 Å². The van der Waals surface area contributed by atoms with Gasteiger partial charge in [0.1, 0.15) is 5.75 Å². The van der Waals surface area contributed by atoms with Crippen LogP contribution in [0.15, 0.2) is 24.3 Å². The highest BCUT2D eigenvalue weighted by Crippen LogP contribution is 2.21. The number of fused-ring (bicyclic) bond motifs is 1. The Kier molecular flexibility index (Phi) is 2.32. The van der Waals surface area contributed by atoms with E-state index in [2.05, 4.69) is 0 Å². The summed E-state index contributed by atoms with van der Waals surface area (Å²) in [7, 11) is 0. The summed E-state index contributed by atoms with van der Waals surface area (Å²) in [6, 6.07) is 6.22. The van der Waals surface area contributed by atoms with Crippen molar-refractivity contribution in [3.05, 3.63) is 29.8 Å². The molecule has 1 aromatic carbocycles. The lowest BCUT2D eigenvalue weighted by Gasteiger charge is -2.10. The van der Waals surface area contributed by atoms with E-state index in [0.29, 0.717) is 0 Å². The van der Waals surface area contributed by atoms with Crippen LogP contribution >= 0.6 is 0 Å². The van der Waals surface area contributed by atoms with E-state index < -0.39 is 23.8 Å². The van der Waals surface area contributed by atoms with Crippen molar-refractivity contribution in [3.63, 3.8) is 0 Å². The first-order valence-electron chi connectivity index (χ1n) is 4.50. The normalized spacial score (nSPS) is 19.1. The lowest BCUT2D eigenvalue weighted by atomic mass is 10.2. The van der Waals surface area contributed by atoms with Gasteiger partial charge in [-0.1, -0.05) is 12.1 Å². The molecule has 0 saturated heterocycles. The maximum Gasteiger partial charge on any atom is 0.277 e. The Hall–Kier alpha value is -2.37. The minimum Gasteiger partial charge on any atom is -0.470 e. The van der Waals surface area contributed by atoms with Crippen LogP contribution in [0.4, 0.5) is 0 Å². The number of benzene rings is 1. The Morgan fingerprint density at radius 2 is 2.00 bits per heavy atom. The van der Waals surface area contributed by atoms with E-state index in [1.54, 1.807) is 12.1 Å². The second-order valence-electron chi connectivity index (χ2n) is 3.21. The molecule has 0 radical (unpaired) electrons. The molecule has 0 aliphatic carbocycles. The van der Waals surface area contributed by atoms with Crippen LogP contribution in [0.5, 0.6) is 5.75 Å². The number of primary amides is 1. The Morgan fingerprint density at radius 1 is 1.31 bits per heavy atom. The van der Waals surface area contributed by atoms with Gasteiger partial charge in [-0.15, -0.1) is 0 Å². The average Bonchev–Trinajstić information content (AvgIpc) is 2.37. The second-order valence-corrected chi connectivity index (χ2v) is 3.21. The topological polar surface area (TPSA) is 98.5 Å². The zero-order valence-corrected chi connectivity index (χ0v) is 8.10. The van der Waals surface area contributed by atoms with Crippen LogP contribution in [0.25, 0.3) is 0 Å². The second kappa shape index (κ2) is 3.65. The van der Waals surface area contributed by atoms with Gasteiger partial charge in [-0.05, 0) is 12.1 Å². The number of ether oxygens (including phenoxy) is 1. The molecule has 2 rings (SSSR count). The van der Waals surface area contributed by atoms with Crippen molar-refractivity contribution in [2.45, 2.75) is 6.10 Å². The monoisotopic (exact) mass is 220 g/mol. The van der Waals surface area contributed by atoms with Crippen LogP contribution < -0.4 is 15.8 Å². The highest BCUT2D eigenvalue weighted by atomic mass is 16.5. The van der Waals surface area contributed by atoms with Gasteiger partial charge in [0.15, 0.2) is 0 Å². The fourth-order valence-electron chi connectivity index (χ4n) is 1.37. The summed E-state index contributed by atoms with van der Waals surface area (Å²) in [5.74, 6) is -2.24. The van der Waals surface area contributed by atoms with E-state index in [1.807, 2.05) is 5.32 Å². The summed E-state index contributed by atoms with van der Waals surface area (Å²) < 4.78 is 5.09. The predicted molar refractivity (Wildman–Crippen MR) is 52.5 cm³/mol. The Balaban J connectivity index is 2.47. The number of hydrogen-bond acceptors (Lipinski definition) is 4. The molecule has 16 heavy (non-hydrogen) atoms. The molecular weight excluding hydrogens is 212 g/mol. The van der Waals surface area contributed by atoms with Crippen molar-refractivity contribution in [1.29, 1.82) is 0 Å². The maximum atomic E-state index is 11.5. The minimum absolute atomic E-state index is 0.162. The van der Waals surface area contributed by atoms with Crippen LogP contribution in [0.2, 0.25) is 0 Å². The molecule has 0 saturated carbocycles. The van der Waals surface area contributed by atoms with Crippen LogP contribution in [0, 0.1) is 0 Å². The average molecular weight is 220 g/mol. The number of para-hydroxylation sites is 1. The molecule has 1 unspecified atom stereocenters. The quantitative estimate of drug-likeness (QED) is 0.477. The predicted octanol–water partition coefficient (Wildman–Crippen LogP) is -0.811. The van der Waals surface area contributed by atoms with Crippen molar-refractivity contribution in [1.82, 2.24) is 5.32 Å². The summed E-state index contributed by atoms with van der Waals surface area (Å²) >= 11 is 0. The van der Waals surface area contributed by atoms with Crippen molar-refractivity contribution >= 4 is 17.7 Å². The molecular formula is C10H8N2O4. The van der Waals surface area contributed by atoms with Gasteiger partial charge < -0.3 is 10.5 Å². The largest absolute Gasteiger partial charge is 0.470 e. The van der Waals surface area contributed by atoms with E-state index in [0.717, 1.165) is 0 Å². The van der Waals surface area contributed by atoms with Crippen molar-refractivity contribution < 1.29 is 19.1 Å². The lowest BCUT2D eigenvalue weighted by molar-refractivity contribution is -0.136. The van der Waals surface area contributed by atoms with Gasteiger partial charge in [-0.3, -0.25) is 19.7 Å². The van der Waals surface area contributed by atoms with Crippen LogP contribution in [-0.4, -0.2) is 23.8 Å². The molecule has 6 nitrogen and oxygen atoms in total. The molecule has 3 amide bonds. The van der Waals surface area contributed by atoms with E-state index in [-0.39, 0.29) is 11.3 Å². The zero-order valence-electron chi connectivity index (χ0n) is 8.10. The van der Waals surface area contributed by atoms with Gasteiger partial charge in [-0.2, -0.15) is 0 Å². The summed E-state index contributed by atoms with van der Waals surface area (Å²) in [5.41, 5.74) is 5.19. The third-order valence-corrected chi connectivity index (χ3v) is 2.11. The first-order chi connectivity index (χ1) is 7.59. The molecule has 3 N–H and O–H groups in total. The molecule has 82 valence electrons. The Labute approximate surface area is 90.4 Å². The summed E-state index contributed by atoms with van der Waals surface area (Å²) in [6.45, 7) is 0. The first-order valence-corrected chi connectivity index (χ1v) is 4.50. The third kappa shape index (κ3) is 1.60. The number of rotatable bonds is 1. The SMILES string of the molecule is NC(=O)C1Oc2ccccc2C(=O)NC1=O. The standard InChI is InChI=1S/C10H8N2O4/c11-8(13)7-10(15)12-9(14)5-3-1-2-4-6(5)16-7/h1-4,7H,(H2,11,13)(H,12,14,15). The fraction of sp³-hybridized carbons (Fsp3) is 0.100. The minimum atomic E-state index is -1.48. The molecule has 1 aromatic rings. The van der Waals surface area contributed by atoms with Gasteiger partial charge in [0, 0.05) is 0 Å². The van der Waals surface area contributed by atoms with Crippen molar-refractivity contribution in [2.24, 2.45) is 5.73 Å². The molecule has 0 bridgehead atoms. The molecule has 0 aromatic heterocycles. The highest BCUT2D eigenvalue weighted by Gasteiger charge is 2.33. The number of carbonyl (C=O) groups is 3. The van der Waals surface area contributed by atoms with Gasteiger partial charge in [0.2, 0.25) is 0 Å². The Morgan fingerprint density at radius 3 is 2.69 bits per heavy atom. The summed E-state index contributed by atoms with van der Waals surface area (Å²) in [5, 5.41) is 2.03. The molecule has 1 aliphatic rings. The fourth-order valence-corrected chi connectivity index (χ4v) is 1.37.